The van der Waals surface area contributed by atoms with Gasteiger partial charge in [-0.05, 0) is 39.9 Å². The van der Waals surface area contributed by atoms with Crippen LogP contribution in [-0.4, -0.2) is 10.1 Å². The smallest absolute Gasteiger partial charge is 0.140 e. The monoisotopic (exact) mass is 337 g/mol. The fraction of sp³-hybridized carbons (Fsp3) is 0.0417. The van der Waals surface area contributed by atoms with Gasteiger partial charge in [0.1, 0.15) is 5.60 Å². The molecule has 1 aromatic heterocycles. The van der Waals surface area contributed by atoms with Gasteiger partial charge >= 0.3 is 0 Å². The Kier molecular flexibility index (Phi) is 4.34. The van der Waals surface area contributed by atoms with Crippen molar-refractivity contribution in [3.05, 3.63) is 126 Å². The highest BCUT2D eigenvalue weighted by Crippen LogP contribution is 2.37. The molecule has 2 heteroatoms. The van der Waals surface area contributed by atoms with Crippen LogP contribution in [0.25, 0.3) is 11.1 Å². The number of nitrogens with zero attached hydrogens (tertiary/aromatic N) is 1. The van der Waals surface area contributed by atoms with E-state index in [1.165, 1.54) is 0 Å². The zero-order valence-corrected chi connectivity index (χ0v) is 14.3. The zero-order chi connectivity index (χ0) is 17.8. The molecule has 0 radical (unpaired) electrons. The van der Waals surface area contributed by atoms with Gasteiger partial charge in [0.2, 0.25) is 0 Å². The van der Waals surface area contributed by atoms with Crippen LogP contribution in [0.3, 0.4) is 0 Å². The van der Waals surface area contributed by atoms with Crippen molar-refractivity contribution >= 4 is 0 Å². The van der Waals surface area contributed by atoms with Crippen molar-refractivity contribution in [3.8, 4) is 11.1 Å². The molecule has 1 heterocycles. The second kappa shape index (κ2) is 6.95. The van der Waals surface area contributed by atoms with Crippen LogP contribution in [0.15, 0.2) is 109 Å². The quantitative estimate of drug-likeness (QED) is 0.566. The Balaban J connectivity index is 1.83. The molecule has 26 heavy (non-hydrogen) atoms. The molecule has 0 amide bonds. The number of rotatable bonds is 4. The van der Waals surface area contributed by atoms with Crippen LogP contribution in [-0.2, 0) is 5.60 Å². The molecular weight excluding hydrogens is 318 g/mol. The summed E-state index contributed by atoms with van der Waals surface area (Å²) in [5.41, 5.74) is 3.52. The average molecular weight is 337 g/mol. The SMILES string of the molecule is OC(c1ccccc1)(c1ccncc1)c1ccc(-c2ccccc2)cc1. The van der Waals surface area contributed by atoms with Crippen molar-refractivity contribution in [1.29, 1.82) is 0 Å². The van der Waals surface area contributed by atoms with E-state index in [9.17, 15) is 5.11 Å². The molecule has 126 valence electrons. The number of hydrogen-bond acceptors (Lipinski definition) is 2. The van der Waals surface area contributed by atoms with Gasteiger partial charge in [0.15, 0.2) is 0 Å². The molecule has 3 aromatic carbocycles. The summed E-state index contributed by atoms with van der Waals surface area (Å²) in [7, 11) is 0. The van der Waals surface area contributed by atoms with Gasteiger partial charge in [-0.1, -0.05) is 84.9 Å². The number of hydrogen-bond donors (Lipinski definition) is 1. The first-order chi connectivity index (χ1) is 12.8. The van der Waals surface area contributed by atoms with Gasteiger partial charge in [0, 0.05) is 12.4 Å². The van der Waals surface area contributed by atoms with Gasteiger partial charge in [-0.25, -0.2) is 0 Å². The fourth-order valence-electron chi connectivity index (χ4n) is 3.31. The van der Waals surface area contributed by atoms with E-state index in [4.69, 9.17) is 0 Å². The van der Waals surface area contributed by atoms with Gasteiger partial charge in [0.05, 0.1) is 0 Å². The molecule has 0 bridgehead atoms. The summed E-state index contributed by atoms with van der Waals surface area (Å²) in [5.74, 6) is 0. The standard InChI is InChI=1S/C24H19NO/c26-24(21-9-5-2-6-10-21,23-15-17-25-18-16-23)22-13-11-20(12-14-22)19-7-3-1-4-8-19/h1-18,26H. The summed E-state index contributed by atoms with van der Waals surface area (Å²) in [6, 6.07) is 31.8. The molecule has 0 aliphatic rings. The number of benzene rings is 3. The molecular formula is C24H19NO. The van der Waals surface area contributed by atoms with E-state index in [-0.39, 0.29) is 0 Å². The number of pyridine rings is 1. The van der Waals surface area contributed by atoms with E-state index in [1.54, 1.807) is 12.4 Å². The molecule has 0 aliphatic carbocycles. The Morgan fingerprint density at radius 1 is 0.500 bits per heavy atom. The third-order valence-corrected chi connectivity index (χ3v) is 4.70. The Labute approximate surface area is 153 Å². The molecule has 1 N–H and O–H groups in total. The molecule has 0 spiro atoms. The zero-order valence-electron chi connectivity index (χ0n) is 14.3. The Morgan fingerprint density at radius 2 is 0.962 bits per heavy atom. The molecule has 1 unspecified atom stereocenters. The van der Waals surface area contributed by atoms with Crippen LogP contribution in [0.1, 0.15) is 16.7 Å². The molecule has 4 rings (SSSR count). The maximum Gasteiger partial charge on any atom is 0.140 e. The maximum absolute atomic E-state index is 11.8. The third kappa shape index (κ3) is 2.92. The molecule has 0 aliphatic heterocycles. The van der Waals surface area contributed by atoms with Crippen LogP contribution in [0, 0.1) is 0 Å². The lowest BCUT2D eigenvalue weighted by atomic mass is 9.80. The Hall–Kier alpha value is -3.23. The van der Waals surface area contributed by atoms with E-state index < -0.39 is 5.60 Å². The molecule has 0 saturated heterocycles. The van der Waals surface area contributed by atoms with Crippen molar-refractivity contribution in [2.24, 2.45) is 0 Å². The van der Waals surface area contributed by atoms with E-state index >= 15 is 0 Å². The molecule has 4 aromatic rings. The summed E-state index contributed by atoms with van der Waals surface area (Å²) in [6.45, 7) is 0. The number of aromatic nitrogens is 1. The first kappa shape index (κ1) is 16.2. The first-order valence-corrected chi connectivity index (χ1v) is 8.63. The van der Waals surface area contributed by atoms with Gasteiger partial charge in [-0.2, -0.15) is 0 Å². The summed E-state index contributed by atoms with van der Waals surface area (Å²) in [6.07, 6.45) is 3.42. The van der Waals surface area contributed by atoms with Gasteiger partial charge in [-0.15, -0.1) is 0 Å². The van der Waals surface area contributed by atoms with Gasteiger partial charge < -0.3 is 5.11 Å². The molecule has 0 fully saturated rings. The van der Waals surface area contributed by atoms with Crippen molar-refractivity contribution < 1.29 is 5.11 Å². The summed E-state index contributed by atoms with van der Waals surface area (Å²) in [5, 5.41) is 11.8. The predicted molar refractivity (Wildman–Crippen MR) is 105 cm³/mol. The number of aliphatic hydroxyl groups is 1. The molecule has 2 nitrogen and oxygen atoms in total. The highest BCUT2D eigenvalue weighted by atomic mass is 16.3. The Morgan fingerprint density at radius 3 is 1.58 bits per heavy atom. The minimum atomic E-state index is -1.22. The van der Waals surface area contributed by atoms with Crippen LogP contribution in [0.5, 0.6) is 0 Å². The summed E-state index contributed by atoms with van der Waals surface area (Å²) in [4.78, 5) is 4.09. The van der Waals surface area contributed by atoms with Crippen molar-refractivity contribution in [2.75, 3.05) is 0 Å². The summed E-state index contributed by atoms with van der Waals surface area (Å²) < 4.78 is 0. The second-order valence-electron chi connectivity index (χ2n) is 6.26. The van der Waals surface area contributed by atoms with Gasteiger partial charge in [0.25, 0.3) is 0 Å². The minimum Gasteiger partial charge on any atom is -0.376 e. The lowest BCUT2D eigenvalue weighted by Gasteiger charge is -2.30. The lowest BCUT2D eigenvalue weighted by molar-refractivity contribution is 0.125. The topological polar surface area (TPSA) is 33.1 Å². The van der Waals surface area contributed by atoms with E-state index in [0.717, 1.165) is 27.8 Å². The predicted octanol–water partition coefficient (Wildman–Crippen LogP) is 5.03. The largest absolute Gasteiger partial charge is 0.376 e. The van der Waals surface area contributed by atoms with Crippen LogP contribution in [0.2, 0.25) is 0 Å². The second-order valence-corrected chi connectivity index (χ2v) is 6.26. The summed E-state index contributed by atoms with van der Waals surface area (Å²) >= 11 is 0. The van der Waals surface area contributed by atoms with Gasteiger partial charge in [-0.3, -0.25) is 4.98 Å². The Bertz CT molecular complexity index is 925. The third-order valence-electron chi connectivity index (χ3n) is 4.70. The van der Waals surface area contributed by atoms with Crippen molar-refractivity contribution in [2.45, 2.75) is 5.60 Å². The maximum atomic E-state index is 11.8. The normalized spacial score (nSPS) is 13.1. The highest BCUT2D eigenvalue weighted by Gasteiger charge is 2.33. The van der Waals surface area contributed by atoms with Crippen molar-refractivity contribution in [1.82, 2.24) is 4.98 Å². The van der Waals surface area contributed by atoms with E-state index in [1.807, 2.05) is 72.8 Å². The van der Waals surface area contributed by atoms with Crippen molar-refractivity contribution in [3.63, 3.8) is 0 Å². The van der Waals surface area contributed by atoms with Crippen LogP contribution in [0.4, 0.5) is 0 Å². The first-order valence-electron chi connectivity index (χ1n) is 8.63. The highest BCUT2D eigenvalue weighted by molar-refractivity contribution is 5.64. The molecule has 1 atom stereocenters. The minimum absolute atomic E-state index is 0.797. The molecule has 0 saturated carbocycles. The van der Waals surface area contributed by atoms with E-state index in [2.05, 4.69) is 29.2 Å². The van der Waals surface area contributed by atoms with E-state index in [0.29, 0.717) is 0 Å². The average Bonchev–Trinajstić information content (AvgIpc) is 2.75. The fourth-order valence-corrected chi connectivity index (χ4v) is 3.31. The lowest BCUT2D eigenvalue weighted by Crippen LogP contribution is -2.28. The van der Waals surface area contributed by atoms with Crippen LogP contribution >= 0.6 is 0 Å². The van der Waals surface area contributed by atoms with Crippen LogP contribution < -0.4 is 0 Å².